The van der Waals surface area contributed by atoms with E-state index in [4.69, 9.17) is 0 Å². The molecule has 1 aliphatic rings. The molecular weight excluding hydrogens is 150 g/mol. The number of anilines is 1. The first-order chi connectivity index (χ1) is 5.75. The first kappa shape index (κ1) is 7.65. The minimum absolute atomic E-state index is 0.838. The summed E-state index contributed by atoms with van der Waals surface area (Å²) >= 11 is 0. The average Bonchev–Trinajstić information content (AvgIpc) is 2.58. The molecule has 1 atom stereocenters. The van der Waals surface area contributed by atoms with Crippen LogP contribution in [0.5, 0.6) is 0 Å². The maximum Gasteiger partial charge on any atom is 0.0752 e. The largest absolute Gasteiger partial charge is 0.369 e. The molecule has 1 aromatic rings. The predicted molar refractivity (Wildman–Crippen MR) is 49.2 cm³/mol. The van der Waals surface area contributed by atoms with Gasteiger partial charge < -0.3 is 4.90 Å². The normalized spacial score (nSPS) is 23.5. The van der Waals surface area contributed by atoms with Gasteiger partial charge in [-0.15, -0.1) is 0 Å². The summed E-state index contributed by atoms with van der Waals surface area (Å²) in [5.41, 5.74) is 1.27. The maximum absolute atomic E-state index is 4.16. The van der Waals surface area contributed by atoms with Crippen molar-refractivity contribution >= 4 is 5.69 Å². The van der Waals surface area contributed by atoms with Crippen LogP contribution in [0.15, 0.2) is 12.4 Å². The lowest BCUT2D eigenvalue weighted by Gasteiger charge is -2.14. The molecule has 0 radical (unpaired) electrons. The molecule has 0 unspecified atom stereocenters. The van der Waals surface area contributed by atoms with Crippen molar-refractivity contribution in [3.8, 4) is 0 Å². The van der Waals surface area contributed by atoms with Crippen molar-refractivity contribution in [2.45, 2.75) is 13.3 Å². The van der Waals surface area contributed by atoms with E-state index in [-0.39, 0.29) is 0 Å². The van der Waals surface area contributed by atoms with Gasteiger partial charge in [-0.1, -0.05) is 6.92 Å². The summed E-state index contributed by atoms with van der Waals surface area (Å²) in [6, 6.07) is 0. The summed E-state index contributed by atoms with van der Waals surface area (Å²) in [7, 11) is 1.96. The van der Waals surface area contributed by atoms with Crippen LogP contribution in [0.3, 0.4) is 0 Å². The van der Waals surface area contributed by atoms with E-state index in [1.165, 1.54) is 25.2 Å². The van der Waals surface area contributed by atoms with Crippen molar-refractivity contribution in [3.05, 3.63) is 12.4 Å². The van der Waals surface area contributed by atoms with Crippen LogP contribution >= 0.6 is 0 Å². The van der Waals surface area contributed by atoms with Crippen LogP contribution in [0, 0.1) is 5.92 Å². The molecule has 0 aromatic carbocycles. The summed E-state index contributed by atoms with van der Waals surface area (Å²) in [6.07, 6.45) is 5.34. The summed E-state index contributed by atoms with van der Waals surface area (Å²) in [4.78, 5) is 2.40. The van der Waals surface area contributed by atoms with Crippen molar-refractivity contribution in [1.82, 2.24) is 9.78 Å². The van der Waals surface area contributed by atoms with E-state index in [1.807, 2.05) is 17.9 Å². The number of hydrogen-bond acceptors (Lipinski definition) is 2. The molecule has 0 saturated carbocycles. The van der Waals surface area contributed by atoms with Gasteiger partial charge in [-0.25, -0.2) is 0 Å². The van der Waals surface area contributed by atoms with Crippen molar-refractivity contribution in [1.29, 1.82) is 0 Å². The third-order valence-electron chi connectivity index (χ3n) is 2.48. The van der Waals surface area contributed by atoms with Gasteiger partial charge in [0, 0.05) is 26.3 Å². The maximum atomic E-state index is 4.16. The van der Waals surface area contributed by atoms with Crippen LogP contribution in [0.25, 0.3) is 0 Å². The second-order valence-electron chi connectivity index (χ2n) is 3.71. The van der Waals surface area contributed by atoms with Gasteiger partial charge in [0.05, 0.1) is 11.9 Å². The molecule has 0 aliphatic carbocycles. The second kappa shape index (κ2) is 2.81. The summed E-state index contributed by atoms with van der Waals surface area (Å²) in [5.74, 6) is 0.838. The molecule has 1 saturated heterocycles. The Bertz CT molecular complexity index is 266. The minimum Gasteiger partial charge on any atom is -0.369 e. The molecular formula is C9H15N3. The van der Waals surface area contributed by atoms with Gasteiger partial charge in [-0.2, -0.15) is 5.10 Å². The Morgan fingerprint density at radius 1 is 1.58 bits per heavy atom. The number of aromatic nitrogens is 2. The van der Waals surface area contributed by atoms with Crippen LogP contribution in [-0.4, -0.2) is 22.9 Å². The Morgan fingerprint density at radius 2 is 2.42 bits per heavy atom. The molecule has 66 valence electrons. The van der Waals surface area contributed by atoms with E-state index in [9.17, 15) is 0 Å². The standard InChI is InChI=1S/C9H15N3/c1-8-3-4-12(6-8)9-5-10-11(2)7-9/h5,7-8H,3-4,6H2,1-2H3/t8-/m1/s1. The van der Waals surface area contributed by atoms with E-state index >= 15 is 0 Å². The minimum atomic E-state index is 0.838. The van der Waals surface area contributed by atoms with E-state index < -0.39 is 0 Å². The molecule has 1 fully saturated rings. The summed E-state index contributed by atoms with van der Waals surface area (Å²) in [5, 5.41) is 4.16. The van der Waals surface area contributed by atoms with Crippen molar-refractivity contribution in [3.63, 3.8) is 0 Å². The first-order valence-corrected chi connectivity index (χ1v) is 4.49. The molecule has 3 heteroatoms. The van der Waals surface area contributed by atoms with Gasteiger partial charge in [0.1, 0.15) is 0 Å². The van der Waals surface area contributed by atoms with E-state index in [0.717, 1.165) is 5.92 Å². The molecule has 0 spiro atoms. The van der Waals surface area contributed by atoms with E-state index in [2.05, 4.69) is 23.1 Å². The number of aryl methyl sites for hydroxylation is 1. The molecule has 1 aliphatic heterocycles. The molecule has 0 amide bonds. The quantitative estimate of drug-likeness (QED) is 0.624. The molecule has 2 heterocycles. The van der Waals surface area contributed by atoms with Crippen LogP contribution < -0.4 is 4.90 Å². The molecule has 3 nitrogen and oxygen atoms in total. The first-order valence-electron chi connectivity index (χ1n) is 4.49. The Kier molecular flexibility index (Phi) is 1.79. The topological polar surface area (TPSA) is 21.1 Å². The van der Waals surface area contributed by atoms with Gasteiger partial charge >= 0.3 is 0 Å². The second-order valence-corrected chi connectivity index (χ2v) is 3.71. The lowest BCUT2D eigenvalue weighted by Crippen LogP contribution is -2.18. The van der Waals surface area contributed by atoms with Crippen LogP contribution in [0.4, 0.5) is 5.69 Å². The smallest absolute Gasteiger partial charge is 0.0752 e. The van der Waals surface area contributed by atoms with E-state index in [1.54, 1.807) is 0 Å². The van der Waals surface area contributed by atoms with E-state index in [0.29, 0.717) is 0 Å². The fourth-order valence-corrected chi connectivity index (χ4v) is 1.74. The van der Waals surface area contributed by atoms with Crippen molar-refractivity contribution in [2.24, 2.45) is 13.0 Å². The summed E-state index contributed by atoms with van der Waals surface area (Å²) in [6.45, 7) is 4.68. The van der Waals surface area contributed by atoms with Crippen LogP contribution in [0.1, 0.15) is 13.3 Å². The van der Waals surface area contributed by atoms with Gasteiger partial charge in [0.25, 0.3) is 0 Å². The van der Waals surface area contributed by atoms with Crippen LogP contribution in [-0.2, 0) is 7.05 Å². The summed E-state index contributed by atoms with van der Waals surface area (Å²) < 4.78 is 1.86. The zero-order valence-corrected chi connectivity index (χ0v) is 7.70. The lowest BCUT2D eigenvalue weighted by molar-refractivity contribution is 0.659. The number of nitrogens with zero attached hydrogens (tertiary/aromatic N) is 3. The SMILES string of the molecule is C[C@@H]1CCN(c2cnn(C)c2)C1. The fourth-order valence-electron chi connectivity index (χ4n) is 1.74. The highest BCUT2D eigenvalue weighted by atomic mass is 15.3. The van der Waals surface area contributed by atoms with Gasteiger partial charge in [0.15, 0.2) is 0 Å². The Balaban J connectivity index is 2.11. The highest BCUT2D eigenvalue weighted by Crippen LogP contribution is 2.22. The monoisotopic (exact) mass is 165 g/mol. The zero-order chi connectivity index (χ0) is 8.55. The highest BCUT2D eigenvalue weighted by Gasteiger charge is 2.19. The molecule has 12 heavy (non-hydrogen) atoms. The molecule has 0 N–H and O–H groups in total. The van der Waals surface area contributed by atoms with Gasteiger partial charge in [0.2, 0.25) is 0 Å². The van der Waals surface area contributed by atoms with Crippen molar-refractivity contribution in [2.75, 3.05) is 18.0 Å². The highest BCUT2D eigenvalue weighted by molar-refractivity contribution is 5.43. The Labute approximate surface area is 73.0 Å². The Hall–Kier alpha value is -0.990. The molecule has 2 rings (SSSR count). The zero-order valence-electron chi connectivity index (χ0n) is 7.70. The number of hydrogen-bond donors (Lipinski definition) is 0. The van der Waals surface area contributed by atoms with Crippen LogP contribution in [0.2, 0.25) is 0 Å². The lowest BCUT2D eigenvalue weighted by atomic mass is 10.2. The third kappa shape index (κ3) is 1.31. The average molecular weight is 165 g/mol. The van der Waals surface area contributed by atoms with Gasteiger partial charge in [-0.05, 0) is 12.3 Å². The van der Waals surface area contributed by atoms with Gasteiger partial charge in [-0.3, -0.25) is 4.68 Å². The fraction of sp³-hybridized carbons (Fsp3) is 0.667. The number of rotatable bonds is 1. The van der Waals surface area contributed by atoms with Crippen molar-refractivity contribution < 1.29 is 0 Å². The molecule has 1 aromatic heterocycles. The Morgan fingerprint density at radius 3 is 2.92 bits per heavy atom. The predicted octanol–water partition coefficient (Wildman–Crippen LogP) is 1.27. The third-order valence-corrected chi connectivity index (χ3v) is 2.48. The molecule has 0 bridgehead atoms.